The predicted octanol–water partition coefficient (Wildman–Crippen LogP) is 2.60. The van der Waals surface area contributed by atoms with E-state index in [-0.39, 0.29) is 49.7 Å². The number of fused-ring (bicyclic) bond motifs is 1. The molecule has 0 unspecified atom stereocenters. The molecule has 2 N–H and O–H groups in total. The Hall–Kier alpha value is -1.99. The number of piperidine rings is 2. The first-order valence-electron chi connectivity index (χ1n) is 11.2. The van der Waals surface area contributed by atoms with Crippen molar-refractivity contribution in [2.24, 2.45) is 0 Å². The van der Waals surface area contributed by atoms with E-state index < -0.39 is 34.5 Å². The Morgan fingerprint density at radius 2 is 1.97 bits per heavy atom. The van der Waals surface area contributed by atoms with Crippen LogP contribution in [-0.2, 0) is 10.0 Å². The summed E-state index contributed by atoms with van der Waals surface area (Å²) in [6.07, 6.45) is -0.495. The van der Waals surface area contributed by atoms with E-state index in [1.807, 2.05) is 0 Å². The zero-order valence-corrected chi connectivity index (χ0v) is 18.6. The first kappa shape index (κ1) is 22.8. The van der Waals surface area contributed by atoms with Crippen molar-refractivity contribution in [3.05, 3.63) is 18.5 Å². The van der Waals surface area contributed by atoms with Crippen molar-refractivity contribution in [1.82, 2.24) is 24.2 Å². The molecule has 8 nitrogen and oxygen atoms in total. The van der Waals surface area contributed by atoms with Gasteiger partial charge in [-0.25, -0.2) is 17.8 Å². The van der Waals surface area contributed by atoms with Crippen LogP contribution in [0.2, 0.25) is 0 Å². The molecular weight excluding hydrogens is 464 g/mol. The molecule has 1 aliphatic carbocycles. The zero-order valence-electron chi connectivity index (χ0n) is 17.8. The van der Waals surface area contributed by atoms with Crippen LogP contribution in [0.3, 0.4) is 0 Å². The quantitative estimate of drug-likeness (QED) is 0.626. The lowest BCUT2D eigenvalue weighted by atomic mass is 9.99. The monoisotopic (exact) mass is 490 g/mol. The number of anilines is 1. The molecule has 0 aromatic carbocycles. The van der Waals surface area contributed by atoms with E-state index in [1.165, 1.54) is 4.31 Å². The summed E-state index contributed by atoms with van der Waals surface area (Å²) in [6.45, 7) is 0.267. The molecule has 4 heterocycles. The number of rotatable bonds is 5. The fourth-order valence-corrected chi connectivity index (χ4v) is 6.58. The minimum Gasteiger partial charge on any atom is -0.348 e. The van der Waals surface area contributed by atoms with E-state index in [0.717, 1.165) is 0 Å². The molecule has 2 saturated heterocycles. The topological polar surface area (TPSA) is 92.2 Å². The number of halogens is 4. The summed E-state index contributed by atoms with van der Waals surface area (Å²) in [5.74, 6) is 0.176. The average Bonchev–Trinajstić information content (AvgIpc) is 3.55. The fourth-order valence-electron chi connectivity index (χ4n) is 4.71. The molecule has 13 heteroatoms. The van der Waals surface area contributed by atoms with Gasteiger partial charge in [0.1, 0.15) is 17.9 Å². The van der Waals surface area contributed by atoms with Gasteiger partial charge in [-0.15, -0.1) is 0 Å². The maximum absolute atomic E-state index is 14.8. The molecule has 2 aromatic heterocycles. The first-order valence-corrected chi connectivity index (χ1v) is 12.7. The van der Waals surface area contributed by atoms with Gasteiger partial charge in [-0.2, -0.15) is 22.5 Å². The Labute approximate surface area is 188 Å². The van der Waals surface area contributed by atoms with Crippen LogP contribution in [0.15, 0.2) is 18.5 Å². The predicted molar refractivity (Wildman–Crippen MR) is 114 cm³/mol. The summed E-state index contributed by atoms with van der Waals surface area (Å²) in [7, 11) is -3.43. The van der Waals surface area contributed by atoms with Crippen LogP contribution in [0.25, 0.3) is 11.0 Å². The maximum Gasteiger partial charge on any atom is 0.403 e. The number of alkyl halides is 4. The Balaban J connectivity index is 1.30. The molecule has 0 radical (unpaired) electrons. The highest BCUT2D eigenvalue weighted by atomic mass is 32.2. The number of nitrogens with zero attached hydrogens (tertiary/aromatic N) is 4. The van der Waals surface area contributed by atoms with E-state index in [0.29, 0.717) is 30.3 Å². The van der Waals surface area contributed by atoms with E-state index in [9.17, 15) is 26.0 Å². The third-order valence-electron chi connectivity index (χ3n) is 6.74. The van der Waals surface area contributed by atoms with Gasteiger partial charge in [0.15, 0.2) is 0 Å². The molecule has 5 rings (SSSR count). The van der Waals surface area contributed by atoms with Crippen LogP contribution >= 0.6 is 0 Å². The SMILES string of the molecule is O=S(=O)(C1CC1)N1CC[C@@H](Nc2ncc3ccn([C@H]4CCN[C@H](C(F)(F)F)C4)c3n2)[C@H](F)C1. The van der Waals surface area contributed by atoms with Gasteiger partial charge in [0.25, 0.3) is 0 Å². The molecule has 1 saturated carbocycles. The van der Waals surface area contributed by atoms with Gasteiger partial charge in [-0.05, 0) is 44.7 Å². The normalized spacial score (nSPS) is 29.9. The first-order chi connectivity index (χ1) is 15.6. The summed E-state index contributed by atoms with van der Waals surface area (Å²) in [4.78, 5) is 8.70. The molecule has 3 aliphatic rings. The van der Waals surface area contributed by atoms with Crippen LogP contribution in [-0.4, -0.2) is 76.6 Å². The lowest BCUT2D eigenvalue weighted by Crippen LogP contribution is -2.50. The van der Waals surface area contributed by atoms with Crippen LogP contribution in [0, 0.1) is 0 Å². The zero-order chi connectivity index (χ0) is 23.4. The van der Waals surface area contributed by atoms with Gasteiger partial charge in [0, 0.05) is 36.9 Å². The van der Waals surface area contributed by atoms with Gasteiger partial charge in [0.2, 0.25) is 16.0 Å². The van der Waals surface area contributed by atoms with Gasteiger partial charge in [-0.3, -0.25) is 0 Å². The van der Waals surface area contributed by atoms with Crippen molar-refractivity contribution < 1.29 is 26.0 Å². The molecule has 2 aliphatic heterocycles. The maximum atomic E-state index is 14.8. The minimum absolute atomic E-state index is 0.0967. The Morgan fingerprint density at radius 1 is 1.18 bits per heavy atom. The van der Waals surface area contributed by atoms with Gasteiger partial charge in [-0.1, -0.05) is 0 Å². The Bertz CT molecular complexity index is 1120. The molecule has 0 bridgehead atoms. The van der Waals surface area contributed by atoms with Crippen molar-refractivity contribution in [1.29, 1.82) is 0 Å². The largest absolute Gasteiger partial charge is 0.403 e. The number of sulfonamides is 1. The Morgan fingerprint density at radius 3 is 2.67 bits per heavy atom. The number of hydrogen-bond donors (Lipinski definition) is 2. The van der Waals surface area contributed by atoms with Crippen LogP contribution in [0.4, 0.5) is 23.5 Å². The second-order valence-corrected chi connectivity index (χ2v) is 11.3. The van der Waals surface area contributed by atoms with Crippen LogP contribution in [0.1, 0.15) is 38.1 Å². The summed E-state index contributed by atoms with van der Waals surface area (Å²) in [5, 5.41) is 5.80. The van der Waals surface area contributed by atoms with Gasteiger partial charge in [0.05, 0.1) is 11.3 Å². The lowest BCUT2D eigenvalue weighted by Gasteiger charge is -2.34. The van der Waals surface area contributed by atoms with E-state index >= 15 is 0 Å². The summed E-state index contributed by atoms with van der Waals surface area (Å²) >= 11 is 0. The fraction of sp³-hybridized carbons (Fsp3) is 0.700. The summed E-state index contributed by atoms with van der Waals surface area (Å²) in [5.41, 5.74) is 0.490. The van der Waals surface area contributed by atoms with E-state index in [2.05, 4.69) is 20.6 Å². The van der Waals surface area contributed by atoms with Crippen molar-refractivity contribution in [3.63, 3.8) is 0 Å². The van der Waals surface area contributed by atoms with Gasteiger partial charge >= 0.3 is 6.18 Å². The smallest absolute Gasteiger partial charge is 0.348 e. The van der Waals surface area contributed by atoms with Crippen LogP contribution in [0.5, 0.6) is 0 Å². The van der Waals surface area contributed by atoms with Gasteiger partial charge < -0.3 is 15.2 Å². The standard InChI is InChI=1S/C20H26F4N6O2S/c21-15-11-29(33(31,32)14-1-2-14)7-5-16(15)27-19-26-10-12-4-8-30(18(12)28-19)13-3-6-25-17(9-13)20(22,23)24/h4,8,10,13-17,25H,1-3,5-7,9,11H2,(H,26,27,28)/t13-,15+,16+,17-/m0/s1. The van der Waals surface area contributed by atoms with Crippen LogP contribution < -0.4 is 10.6 Å². The highest BCUT2D eigenvalue weighted by Gasteiger charge is 2.44. The number of aromatic nitrogens is 3. The molecule has 182 valence electrons. The molecule has 33 heavy (non-hydrogen) atoms. The molecular formula is C20H26F4N6O2S. The van der Waals surface area contributed by atoms with Crippen molar-refractivity contribution in [2.75, 3.05) is 25.0 Å². The van der Waals surface area contributed by atoms with Crippen molar-refractivity contribution in [2.45, 2.75) is 67.8 Å². The summed E-state index contributed by atoms with van der Waals surface area (Å²) < 4.78 is 82.2. The second-order valence-electron chi connectivity index (χ2n) is 9.08. The third kappa shape index (κ3) is 4.54. The molecule has 0 amide bonds. The highest BCUT2D eigenvalue weighted by molar-refractivity contribution is 7.90. The minimum atomic E-state index is -4.32. The number of hydrogen-bond acceptors (Lipinski definition) is 6. The molecule has 0 spiro atoms. The van der Waals surface area contributed by atoms with E-state index in [4.69, 9.17) is 0 Å². The number of nitrogens with one attached hydrogen (secondary N) is 2. The van der Waals surface area contributed by atoms with Crippen molar-refractivity contribution in [3.8, 4) is 0 Å². The Kier molecular flexibility index (Phi) is 5.76. The molecule has 4 atom stereocenters. The van der Waals surface area contributed by atoms with E-state index in [1.54, 1.807) is 23.0 Å². The molecule has 2 aromatic rings. The molecule has 3 fully saturated rings. The third-order valence-corrected chi connectivity index (χ3v) is 9.11. The highest BCUT2D eigenvalue weighted by Crippen LogP contribution is 2.34. The average molecular weight is 491 g/mol. The summed E-state index contributed by atoms with van der Waals surface area (Å²) in [6, 6.07) is -0.839. The lowest BCUT2D eigenvalue weighted by molar-refractivity contribution is -0.162. The second kappa shape index (κ2) is 8.35. The van der Waals surface area contributed by atoms with Crippen molar-refractivity contribution >= 4 is 27.0 Å².